The van der Waals surface area contributed by atoms with Gasteiger partial charge in [0, 0.05) is 24.7 Å². The number of esters is 1. The Hall–Kier alpha value is -0.770. The SMILES string of the molecule is CC(F)(C(=O)OC12CC3CC(C1)C[N+](O)(C3)C2)S(=O)(=O)O. The third-order valence-electron chi connectivity index (χ3n) is 4.92. The van der Waals surface area contributed by atoms with Gasteiger partial charge in [0.1, 0.15) is 19.6 Å². The fourth-order valence-corrected chi connectivity index (χ4v) is 4.64. The van der Waals surface area contributed by atoms with Gasteiger partial charge in [-0.15, -0.1) is 0 Å². The number of hydroxylamine groups is 3. The van der Waals surface area contributed by atoms with Crippen molar-refractivity contribution in [3.63, 3.8) is 0 Å². The summed E-state index contributed by atoms with van der Waals surface area (Å²) in [7, 11) is -5.21. The summed E-state index contributed by atoms with van der Waals surface area (Å²) in [5.41, 5.74) is -1.03. The Balaban J connectivity index is 1.84. The second kappa shape index (κ2) is 4.15. The van der Waals surface area contributed by atoms with E-state index in [0.717, 1.165) is 6.42 Å². The first kappa shape index (κ1) is 15.1. The molecule has 4 rings (SSSR count). The molecule has 4 aliphatic rings. The third kappa shape index (κ3) is 2.36. The van der Waals surface area contributed by atoms with Gasteiger partial charge in [-0.1, -0.05) is 0 Å². The summed E-state index contributed by atoms with van der Waals surface area (Å²) >= 11 is 0. The molecule has 0 amide bonds. The largest absolute Gasteiger partial charge is 0.450 e. The van der Waals surface area contributed by atoms with Crippen molar-refractivity contribution in [1.82, 2.24) is 0 Å². The van der Waals surface area contributed by atoms with Crippen molar-refractivity contribution in [2.75, 3.05) is 19.6 Å². The quantitative estimate of drug-likeness (QED) is 0.445. The Bertz CT molecular complexity index is 575. The van der Waals surface area contributed by atoms with Gasteiger partial charge in [-0.05, 0) is 13.3 Å². The molecule has 9 heteroatoms. The standard InChI is InChI=1S/C12H18FNO6S/c1-11(13,21(17,18)19)10(15)20-12-3-8-2-9(4-12)6-14(16,5-8)7-12/h8-9,16H,2-7H2,1H3/p+1. The lowest BCUT2D eigenvalue weighted by Crippen LogP contribution is -2.72. The predicted octanol–water partition coefficient (Wildman–Crippen LogP) is 0.491. The minimum atomic E-state index is -5.21. The molecular weight excluding hydrogens is 305 g/mol. The molecule has 2 N–H and O–H groups in total. The summed E-state index contributed by atoms with van der Waals surface area (Å²) in [5.74, 6) is -1.25. The zero-order valence-corrected chi connectivity index (χ0v) is 12.5. The Morgan fingerprint density at radius 3 is 2.33 bits per heavy atom. The third-order valence-corrected chi connectivity index (χ3v) is 6.06. The maximum absolute atomic E-state index is 14.0. The second-order valence-electron chi connectivity index (χ2n) is 6.96. The van der Waals surface area contributed by atoms with Gasteiger partial charge in [0.15, 0.2) is 5.60 Å². The molecule has 0 aromatic heterocycles. The first-order chi connectivity index (χ1) is 9.45. The monoisotopic (exact) mass is 324 g/mol. The minimum absolute atomic E-state index is 0.146. The molecule has 7 nitrogen and oxygen atoms in total. The maximum Gasteiger partial charge on any atom is 0.363 e. The van der Waals surface area contributed by atoms with Crippen LogP contribution < -0.4 is 0 Å². The molecule has 4 fully saturated rings. The van der Waals surface area contributed by atoms with Crippen molar-refractivity contribution in [2.45, 2.75) is 36.8 Å². The van der Waals surface area contributed by atoms with Crippen LogP contribution in [0.2, 0.25) is 0 Å². The summed E-state index contributed by atoms with van der Waals surface area (Å²) in [6, 6.07) is 0. The van der Waals surface area contributed by atoms with Crippen molar-refractivity contribution in [3.8, 4) is 0 Å². The van der Waals surface area contributed by atoms with E-state index in [1.807, 2.05) is 0 Å². The van der Waals surface area contributed by atoms with E-state index in [4.69, 9.17) is 9.29 Å². The maximum atomic E-state index is 14.0. The Morgan fingerprint density at radius 1 is 1.38 bits per heavy atom. The zero-order valence-electron chi connectivity index (χ0n) is 11.7. The topological polar surface area (TPSA) is 101 Å². The van der Waals surface area contributed by atoms with E-state index in [1.54, 1.807) is 0 Å². The molecule has 3 unspecified atom stereocenters. The highest BCUT2D eigenvalue weighted by atomic mass is 32.2. The smallest absolute Gasteiger partial charge is 0.363 e. The molecule has 21 heavy (non-hydrogen) atoms. The first-order valence-corrected chi connectivity index (χ1v) is 8.37. The summed E-state index contributed by atoms with van der Waals surface area (Å²) in [6.07, 6.45) is 1.93. The number of ether oxygens (including phenoxy) is 1. The van der Waals surface area contributed by atoms with Gasteiger partial charge in [-0.3, -0.25) is 4.55 Å². The number of quaternary nitrogens is 1. The summed E-state index contributed by atoms with van der Waals surface area (Å²) in [4.78, 5) is 11.9. The summed E-state index contributed by atoms with van der Waals surface area (Å²) in [6.45, 7) is 1.78. The Morgan fingerprint density at radius 2 is 1.90 bits per heavy atom. The molecule has 120 valence electrons. The molecule has 3 atom stereocenters. The molecule has 0 spiro atoms. The number of alkyl halides is 1. The van der Waals surface area contributed by atoms with Gasteiger partial charge in [0.2, 0.25) is 0 Å². The van der Waals surface area contributed by atoms with Gasteiger partial charge in [-0.25, -0.2) is 14.4 Å². The van der Waals surface area contributed by atoms with E-state index in [9.17, 15) is 22.8 Å². The molecule has 0 aromatic rings. The molecular formula is C12H19FNO6S+. The van der Waals surface area contributed by atoms with E-state index >= 15 is 0 Å². The van der Waals surface area contributed by atoms with Crippen LogP contribution in [-0.2, 0) is 19.6 Å². The van der Waals surface area contributed by atoms with Crippen LogP contribution >= 0.6 is 0 Å². The fraction of sp³-hybridized carbons (Fsp3) is 0.917. The molecule has 3 heterocycles. The van der Waals surface area contributed by atoms with Crippen LogP contribution in [0, 0.1) is 11.8 Å². The summed E-state index contributed by atoms with van der Waals surface area (Å²) < 4.78 is 49.7. The van der Waals surface area contributed by atoms with Crippen LogP contribution in [0.25, 0.3) is 0 Å². The molecule has 1 aliphatic carbocycles. The van der Waals surface area contributed by atoms with E-state index in [0.29, 0.717) is 32.9 Å². The van der Waals surface area contributed by atoms with Crippen LogP contribution in [0.15, 0.2) is 0 Å². The van der Waals surface area contributed by atoms with Crippen molar-refractivity contribution in [1.29, 1.82) is 0 Å². The normalized spacial score (nSPS) is 44.4. The zero-order chi connectivity index (χ0) is 15.7. The lowest BCUT2D eigenvalue weighted by molar-refractivity contribution is -1.12. The first-order valence-electron chi connectivity index (χ1n) is 6.93. The second-order valence-corrected chi connectivity index (χ2v) is 8.68. The number of piperidine rings is 3. The van der Waals surface area contributed by atoms with Crippen LogP contribution in [0.5, 0.6) is 0 Å². The highest BCUT2D eigenvalue weighted by Crippen LogP contribution is 2.50. The number of carbonyl (C=O) groups excluding carboxylic acids is 1. The molecule has 1 saturated carbocycles. The Kier molecular flexibility index (Phi) is 2.99. The molecule has 0 radical (unpaired) electrons. The van der Waals surface area contributed by atoms with Crippen molar-refractivity contribution in [2.24, 2.45) is 11.8 Å². The van der Waals surface area contributed by atoms with Crippen LogP contribution in [0.4, 0.5) is 4.39 Å². The molecule has 4 bridgehead atoms. The molecule has 0 aromatic carbocycles. The van der Waals surface area contributed by atoms with Crippen LogP contribution in [0.1, 0.15) is 26.2 Å². The highest BCUT2D eigenvalue weighted by Gasteiger charge is 2.63. The average molecular weight is 324 g/mol. The lowest BCUT2D eigenvalue weighted by atomic mass is 9.65. The molecule has 3 aliphatic heterocycles. The van der Waals surface area contributed by atoms with Gasteiger partial charge < -0.3 is 4.74 Å². The highest BCUT2D eigenvalue weighted by molar-refractivity contribution is 7.87. The van der Waals surface area contributed by atoms with Gasteiger partial charge in [-0.2, -0.15) is 13.1 Å². The Labute approximate surface area is 122 Å². The number of hydrogen-bond acceptors (Lipinski definition) is 5. The predicted molar refractivity (Wildman–Crippen MR) is 67.4 cm³/mol. The van der Waals surface area contributed by atoms with Gasteiger partial charge >= 0.3 is 21.1 Å². The fourth-order valence-electron chi connectivity index (χ4n) is 4.39. The van der Waals surface area contributed by atoms with Crippen LogP contribution in [-0.4, -0.2) is 59.0 Å². The average Bonchev–Trinajstić information content (AvgIpc) is 2.22. The van der Waals surface area contributed by atoms with Gasteiger partial charge in [0.05, 0.1) is 0 Å². The van der Waals surface area contributed by atoms with E-state index < -0.39 is 26.7 Å². The number of hydrogen-bond donors (Lipinski definition) is 2. The van der Waals surface area contributed by atoms with Crippen molar-refractivity contribution in [3.05, 3.63) is 0 Å². The number of halogens is 1. The van der Waals surface area contributed by atoms with E-state index in [-0.39, 0.29) is 23.0 Å². The van der Waals surface area contributed by atoms with Crippen molar-refractivity contribution >= 4 is 16.1 Å². The summed E-state index contributed by atoms with van der Waals surface area (Å²) in [5, 5.41) is 6.93. The number of nitrogens with zero attached hydrogens (tertiary/aromatic N) is 1. The molecule has 3 saturated heterocycles. The number of rotatable bonds is 3. The van der Waals surface area contributed by atoms with Crippen molar-refractivity contribution < 1.29 is 36.7 Å². The van der Waals surface area contributed by atoms with E-state index in [1.165, 1.54) is 0 Å². The minimum Gasteiger partial charge on any atom is -0.450 e. The van der Waals surface area contributed by atoms with Gasteiger partial charge in [0.25, 0.3) is 0 Å². The lowest BCUT2D eigenvalue weighted by Gasteiger charge is -2.57. The van der Waals surface area contributed by atoms with E-state index in [2.05, 4.69) is 0 Å². The van der Waals surface area contributed by atoms with Crippen LogP contribution in [0.3, 0.4) is 0 Å². The number of carbonyl (C=O) groups is 1.